The highest BCUT2D eigenvalue weighted by Gasteiger charge is 2.22. The van der Waals surface area contributed by atoms with Crippen molar-refractivity contribution in [3.8, 4) is 0 Å². The fraction of sp³-hybridized carbons (Fsp3) is 0.611. The highest BCUT2D eigenvalue weighted by Crippen LogP contribution is 2.23. The van der Waals surface area contributed by atoms with Crippen LogP contribution in [0.15, 0.2) is 11.4 Å². The third-order valence-electron chi connectivity index (χ3n) is 4.22. The molecule has 2 rings (SSSR count). The Hall–Kier alpha value is -1.97. The maximum atomic E-state index is 12.3. The van der Waals surface area contributed by atoms with E-state index in [0.717, 1.165) is 26.2 Å². The number of methoxy groups -OCH3 is 1. The zero-order valence-electron chi connectivity index (χ0n) is 16.1. The van der Waals surface area contributed by atoms with E-state index in [4.69, 9.17) is 4.74 Å². The summed E-state index contributed by atoms with van der Waals surface area (Å²) < 4.78 is 4.71. The van der Waals surface area contributed by atoms with Gasteiger partial charge in [-0.2, -0.15) is 0 Å². The van der Waals surface area contributed by atoms with E-state index >= 15 is 0 Å². The van der Waals surface area contributed by atoms with Crippen molar-refractivity contribution in [3.63, 3.8) is 0 Å². The van der Waals surface area contributed by atoms with E-state index in [9.17, 15) is 14.4 Å². The molecule has 2 N–H and O–H groups in total. The lowest BCUT2D eigenvalue weighted by atomic mass is 10.2. The second-order valence-corrected chi connectivity index (χ2v) is 7.87. The minimum Gasteiger partial charge on any atom is -0.465 e. The van der Waals surface area contributed by atoms with Crippen molar-refractivity contribution in [3.05, 3.63) is 16.3 Å². The lowest BCUT2D eigenvalue weighted by Gasteiger charge is -2.33. The Morgan fingerprint density at radius 1 is 1.11 bits per heavy atom. The average molecular weight is 397 g/mol. The highest BCUT2D eigenvalue weighted by atomic mass is 32.1. The van der Waals surface area contributed by atoms with Crippen LogP contribution in [0.25, 0.3) is 0 Å². The van der Waals surface area contributed by atoms with Gasteiger partial charge in [0.25, 0.3) is 0 Å². The van der Waals surface area contributed by atoms with Crippen molar-refractivity contribution in [1.29, 1.82) is 0 Å². The van der Waals surface area contributed by atoms with Gasteiger partial charge in [-0.25, -0.2) is 4.79 Å². The van der Waals surface area contributed by atoms with E-state index in [2.05, 4.69) is 29.4 Å². The van der Waals surface area contributed by atoms with Crippen LogP contribution in [0.4, 0.5) is 5.69 Å². The molecule has 1 fully saturated rings. The highest BCUT2D eigenvalue weighted by molar-refractivity contribution is 7.12. The van der Waals surface area contributed by atoms with Gasteiger partial charge in [0.2, 0.25) is 11.8 Å². The van der Waals surface area contributed by atoms with Gasteiger partial charge in [-0.05, 0) is 17.4 Å². The fourth-order valence-electron chi connectivity index (χ4n) is 2.73. The predicted molar refractivity (Wildman–Crippen MR) is 105 cm³/mol. The number of nitrogens with one attached hydrogen (secondary N) is 2. The molecule has 2 heterocycles. The van der Waals surface area contributed by atoms with Crippen molar-refractivity contribution in [1.82, 2.24) is 15.1 Å². The number of hydrogen-bond acceptors (Lipinski definition) is 7. The summed E-state index contributed by atoms with van der Waals surface area (Å²) in [6, 6.07) is 1.70. The minimum absolute atomic E-state index is 0.0442. The summed E-state index contributed by atoms with van der Waals surface area (Å²) in [6.07, 6.45) is 0. The van der Waals surface area contributed by atoms with Crippen molar-refractivity contribution < 1.29 is 19.1 Å². The number of carbonyl (C=O) groups is 3. The molecule has 0 atom stereocenters. The third-order valence-corrected chi connectivity index (χ3v) is 5.11. The van der Waals surface area contributed by atoms with Crippen molar-refractivity contribution >= 4 is 34.8 Å². The standard InChI is InChI=1S/C18H28N4O4S/c1-13(2)10-19-15(23)11-21-5-7-22(8-6-21)12-16(24)20-14-4-9-27-17(14)18(25)26-3/h4,9,13H,5-8,10-12H2,1-3H3,(H,19,23)(H,20,24). The number of hydrogen-bond donors (Lipinski definition) is 2. The van der Waals surface area contributed by atoms with Crippen LogP contribution in [-0.4, -0.2) is 80.5 Å². The van der Waals surface area contributed by atoms with E-state index in [1.54, 1.807) is 11.4 Å². The van der Waals surface area contributed by atoms with Gasteiger partial charge in [0.05, 0.1) is 25.9 Å². The predicted octanol–water partition coefficient (Wildman–Crippen LogP) is 0.863. The molecule has 0 aromatic carbocycles. The molecule has 0 spiro atoms. The Morgan fingerprint density at radius 2 is 1.70 bits per heavy atom. The lowest BCUT2D eigenvalue weighted by molar-refractivity contribution is -0.123. The normalized spacial score (nSPS) is 15.6. The number of nitrogens with zero attached hydrogens (tertiary/aromatic N) is 2. The summed E-state index contributed by atoms with van der Waals surface area (Å²) in [6.45, 7) is 8.39. The third kappa shape index (κ3) is 6.93. The largest absolute Gasteiger partial charge is 0.465 e. The van der Waals surface area contributed by atoms with Gasteiger partial charge in [-0.1, -0.05) is 13.8 Å². The molecule has 1 aliphatic heterocycles. The second-order valence-electron chi connectivity index (χ2n) is 6.95. The van der Waals surface area contributed by atoms with Gasteiger partial charge in [0.1, 0.15) is 4.88 Å². The lowest BCUT2D eigenvalue weighted by Crippen LogP contribution is -2.51. The van der Waals surface area contributed by atoms with Crippen molar-refractivity contribution in [2.75, 3.05) is 58.2 Å². The van der Waals surface area contributed by atoms with Crippen LogP contribution in [0.1, 0.15) is 23.5 Å². The number of rotatable bonds is 8. The molecule has 1 saturated heterocycles. The molecule has 9 heteroatoms. The van der Waals surface area contributed by atoms with Crippen LogP contribution in [0, 0.1) is 5.92 Å². The monoisotopic (exact) mass is 396 g/mol. The molecule has 0 bridgehead atoms. The summed E-state index contributed by atoms with van der Waals surface area (Å²) in [7, 11) is 1.32. The maximum Gasteiger partial charge on any atom is 0.350 e. The van der Waals surface area contributed by atoms with Crippen LogP contribution in [0.5, 0.6) is 0 Å². The molecule has 27 heavy (non-hydrogen) atoms. The fourth-order valence-corrected chi connectivity index (χ4v) is 3.50. The van der Waals surface area contributed by atoms with E-state index in [0.29, 0.717) is 29.6 Å². The van der Waals surface area contributed by atoms with Crippen LogP contribution < -0.4 is 10.6 Å². The number of carbonyl (C=O) groups excluding carboxylic acids is 3. The first-order valence-electron chi connectivity index (χ1n) is 9.06. The summed E-state index contributed by atoms with van der Waals surface area (Å²) in [5.41, 5.74) is 0.484. The van der Waals surface area contributed by atoms with E-state index < -0.39 is 5.97 Å². The zero-order valence-corrected chi connectivity index (χ0v) is 16.9. The van der Waals surface area contributed by atoms with Crippen molar-refractivity contribution in [2.45, 2.75) is 13.8 Å². The minimum atomic E-state index is -0.454. The molecule has 1 aromatic rings. The van der Waals surface area contributed by atoms with E-state index in [1.165, 1.54) is 18.4 Å². The molecule has 1 aromatic heterocycles. The first-order chi connectivity index (χ1) is 12.9. The van der Waals surface area contributed by atoms with Crippen LogP contribution in [-0.2, 0) is 14.3 Å². The number of thiophene rings is 1. The Balaban J connectivity index is 1.72. The summed E-state index contributed by atoms with van der Waals surface area (Å²) in [4.78, 5) is 40.4. The molecule has 0 radical (unpaired) electrons. The molecular formula is C18H28N4O4S. The Kier molecular flexibility index (Phi) is 8.21. The number of piperazine rings is 1. The maximum absolute atomic E-state index is 12.3. The first kappa shape index (κ1) is 21.3. The molecule has 150 valence electrons. The number of esters is 1. The van der Waals surface area contributed by atoms with Crippen LogP contribution in [0.3, 0.4) is 0 Å². The summed E-state index contributed by atoms with van der Waals surface area (Å²) in [5.74, 6) is -0.138. The molecule has 0 unspecified atom stereocenters. The molecule has 1 aliphatic rings. The zero-order chi connectivity index (χ0) is 19.8. The Bertz CT molecular complexity index is 654. The second kappa shape index (κ2) is 10.4. The molecule has 2 amide bonds. The van der Waals surface area contributed by atoms with E-state index in [-0.39, 0.29) is 18.4 Å². The van der Waals surface area contributed by atoms with Crippen molar-refractivity contribution in [2.24, 2.45) is 5.92 Å². The number of ether oxygens (including phenoxy) is 1. The molecular weight excluding hydrogens is 368 g/mol. The average Bonchev–Trinajstić information content (AvgIpc) is 3.09. The van der Waals surface area contributed by atoms with E-state index in [1.807, 2.05) is 4.90 Å². The molecule has 8 nitrogen and oxygen atoms in total. The van der Waals surface area contributed by atoms with Crippen LogP contribution >= 0.6 is 11.3 Å². The van der Waals surface area contributed by atoms with Gasteiger partial charge in [0, 0.05) is 32.7 Å². The number of anilines is 1. The van der Waals surface area contributed by atoms with Gasteiger partial charge in [0.15, 0.2) is 0 Å². The quantitative estimate of drug-likeness (QED) is 0.634. The first-order valence-corrected chi connectivity index (χ1v) is 9.94. The Labute approximate surface area is 163 Å². The van der Waals surface area contributed by atoms with Gasteiger partial charge in [-0.15, -0.1) is 11.3 Å². The van der Waals surface area contributed by atoms with Crippen LogP contribution in [0.2, 0.25) is 0 Å². The van der Waals surface area contributed by atoms with Gasteiger partial charge < -0.3 is 15.4 Å². The Morgan fingerprint density at radius 3 is 2.26 bits per heavy atom. The summed E-state index contributed by atoms with van der Waals surface area (Å²) in [5, 5.41) is 7.44. The topological polar surface area (TPSA) is 91.0 Å². The SMILES string of the molecule is COC(=O)c1sccc1NC(=O)CN1CCN(CC(=O)NCC(C)C)CC1. The smallest absolute Gasteiger partial charge is 0.350 e. The van der Waals surface area contributed by atoms with Gasteiger partial charge >= 0.3 is 5.97 Å². The van der Waals surface area contributed by atoms with Gasteiger partial charge in [-0.3, -0.25) is 19.4 Å². The number of amides is 2. The molecule has 0 aliphatic carbocycles. The molecule has 0 saturated carbocycles. The summed E-state index contributed by atoms with van der Waals surface area (Å²) >= 11 is 1.23.